The molecule has 1 rings (SSSR count). The van der Waals surface area contributed by atoms with Crippen molar-refractivity contribution in [3.63, 3.8) is 0 Å². The molecular weight excluding hydrogens is 264 g/mol. The Balaban J connectivity index is 3.14. The highest BCUT2D eigenvalue weighted by molar-refractivity contribution is 5.94. The second-order valence-electron chi connectivity index (χ2n) is 4.80. The molecule has 0 bridgehead atoms. The first-order valence-corrected chi connectivity index (χ1v) is 6.26. The number of nitro benzene ring substituents is 1. The van der Waals surface area contributed by atoms with Gasteiger partial charge in [0.2, 0.25) is 0 Å². The number of nitrogens with one attached hydrogen (secondary N) is 1. The summed E-state index contributed by atoms with van der Waals surface area (Å²) in [6.07, 6.45) is 0.430. The number of carboxylic acids is 1. The maximum Gasteiger partial charge on any atom is 0.337 e. The largest absolute Gasteiger partial charge is 0.478 e. The maximum atomic E-state index is 11.2. The predicted octanol–water partition coefficient (Wildman–Crippen LogP) is 2.11. The number of nitro groups is 1. The van der Waals surface area contributed by atoms with Crippen molar-refractivity contribution in [1.82, 2.24) is 0 Å². The Hall–Kier alpha value is -2.15. The summed E-state index contributed by atoms with van der Waals surface area (Å²) >= 11 is 0. The summed E-state index contributed by atoms with van der Waals surface area (Å²) in [5, 5.41) is 31.9. The van der Waals surface area contributed by atoms with Crippen LogP contribution < -0.4 is 5.32 Å². The molecule has 20 heavy (non-hydrogen) atoms. The Kier molecular flexibility index (Phi) is 5.45. The van der Waals surface area contributed by atoms with Gasteiger partial charge in [0, 0.05) is 24.8 Å². The van der Waals surface area contributed by atoms with E-state index < -0.39 is 10.9 Å². The van der Waals surface area contributed by atoms with Gasteiger partial charge in [0.15, 0.2) is 0 Å². The Morgan fingerprint density at radius 1 is 1.45 bits per heavy atom. The summed E-state index contributed by atoms with van der Waals surface area (Å²) in [5.74, 6) is -1.02. The van der Waals surface area contributed by atoms with Crippen LogP contribution in [0.25, 0.3) is 0 Å². The molecule has 3 N–H and O–H groups in total. The molecule has 0 aliphatic rings. The number of carboxylic acid groups (broad SMARTS) is 1. The van der Waals surface area contributed by atoms with Crippen molar-refractivity contribution in [3.8, 4) is 0 Å². The van der Waals surface area contributed by atoms with Gasteiger partial charge in [-0.2, -0.15) is 0 Å². The average Bonchev–Trinajstić information content (AvgIpc) is 2.37. The van der Waals surface area contributed by atoms with Crippen molar-refractivity contribution in [3.05, 3.63) is 33.9 Å². The van der Waals surface area contributed by atoms with Gasteiger partial charge in [-0.05, 0) is 18.4 Å². The highest BCUT2D eigenvalue weighted by Crippen LogP contribution is 2.25. The van der Waals surface area contributed by atoms with Crippen LogP contribution in [0.5, 0.6) is 0 Å². The van der Waals surface area contributed by atoms with Gasteiger partial charge < -0.3 is 15.5 Å². The molecule has 1 aromatic carbocycles. The minimum Gasteiger partial charge on any atom is -0.478 e. The number of hydrogen-bond donors (Lipinski definition) is 3. The van der Waals surface area contributed by atoms with Crippen molar-refractivity contribution < 1.29 is 19.9 Å². The van der Waals surface area contributed by atoms with Gasteiger partial charge in [0.05, 0.1) is 16.2 Å². The van der Waals surface area contributed by atoms with Gasteiger partial charge in [-0.25, -0.2) is 4.79 Å². The first-order chi connectivity index (χ1) is 9.36. The molecule has 0 saturated carbocycles. The van der Waals surface area contributed by atoms with E-state index in [0.717, 1.165) is 6.07 Å². The molecule has 7 nitrogen and oxygen atoms in total. The molecule has 0 heterocycles. The van der Waals surface area contributed by atoms with Gasteiger partial charge in [0.25, 0.3) is 5.69 Å². The Morgan fingerprint density at radius 3 is 2.55 bits per heavy atom. The van der Waals surface area contributed by atoms with Crippen LogP contribution >= 0.6 is 0 Å². The zero-order chi connectivity index (χ0) is 15.3. The fourth-order valence-electron chi connectivity index (χ4n) is 1.86. The summed E-state index contributed by atoms with van der Waals surface area (Å²) in [6, 6.07) is 3.40. The third-order valence-electron chi connectivity index (χ3n) is 3.03. The number of benzene rings is 1. The molecule has 0 radical (unpaired) electrons. The molecule has 0 saturated heterocycles. The molecule has 0 aliphatic carbocycles. The lowest BCUT2D eigenvalue weighted by atomic mass is 10.00. The average molecular weight is 282 g/mol. The van der Waals surface area contributed by atoms with Gasteiger partial charge in [0.1, 0.15) is 0 Å². The molecular formula is C13H18N2O5. The van der Waals surface area contributed by atoms with Crippen molar-refractivity contribution in [2.24, 2.45) is 5.92 Å². The van der Waals surface area contributed by atoms with Gasteiger partial charge >= 0.3 is 5.97 Å². The quantitative estimate of drug-likeness (QED) is 0.521. The Labute approximate surface area is 116 Å². The summed E-state index contributed by atoms with van der Waals surface area (Å²) in [5.41, 5.74) is -0.0120. The van der Waals surface area contributed by atoms with Gasteiger partial charge in [-0.3, -0.25) is 10.1 Å². The van der Waals surface area contributed by atoms with E-state index in [9.17, 15) is 14.9 Å². The van der Waals surface area contributed by atoms with Crippen LogP contribution in [0.2, 0.25) is 0 Å². The SMILES string of the molecule is CC(C)C(CCO)Nc1cc([N+](=O)[O-])ccc1C(=O)O. The number of aromatic carboxylic acids is 1. The highest BCUT2D eigenvalue weighted by Gasteiger charge is 2.19. The van der Waals surface area contributed by atoms with Crippen LogP contribution in [-0.4, -0.2) is 33.8 Å². The van der Waals surface area contributed by atoms with Crippen molar-refractivity contribution in [2.75, 3.05) is 11.9 Å². The maximum absolute atomic E-state index is 11.2. The van der Waals surface area contributed by atoms with Crippen molar-refractivity contribution >= 4 is 17.3 Å². The molecule has 110 valence electrons. The molecule has 1 unspecified atom stereocenters. The third-order valence-corrected chi connectivity index (χ3v) is 3.03. The number of nitrogens with zero attached hydrogens (tertiary/aromatic N) is 1. The molecule has 0 spiro atoms. The van der Waals surface area contributed by atoms with E-state index in [-0.39, 0.29) is 35.5 Å². The van der Waals surface area contributed by atoms with Gasteiger partial charge in [-0.1, -0.05) is 13.8 Å². The summed E-state index contributed by atoms with van der Waals surface area (Å²) in [7, 11) is 0. The van der Waals surface area contributed by atoms with E-state index in [0.29, 0.717) is 6.42 Å². The lowest BCUT2D eigenvalue weighted by Crippen LogP contribution is -2.27. The van der Waals surface area contributed by atoms with E-state index in [1.54, 1.807) is 0 Å². The van der Waals surface area contributed by atoms with Crippen LogP contribution in [0, 0.1) is 16.0 Å². The molecule has 7 heteroatoms. The smallest absolute Gasteiger partial charge is 0.337 e. The lowest BCUT2D eigenvalue weighted by molar-refractivity contribution is -0.384. The first kappa shape index (κ1) is 15.9. The van der Waals surface area contributed by atoms with Crippen LogP contribution in [0.3, 0.4) is 0 Å². The molecule has 1 aromatic rings. The predicted molar refractivity (Wildman–Crippen MR) is 74.0 cm³/mol. The second-order valence-corrected chi connectivity index (χ2v) is 4.80. The molecule has 0 fully saturated rings. The number of anilines is 1. The number of aliphatic hydroxyl groups excluding tert-OH is 1. The summed E-state index contributed by atoms with van der Waals surface area (Å²) in [6.45, 7) is 3.80. The Morgan fingerprint density at radius 2 is 2.10 bits per heavy atom. The van der Waals surface area contributed by atoms with E-state index in [1.165, 1.54) is 12.1 Å². The molecule has 0 aliphatic heterocycles. The van der Waals surface area contributed by atoms with Crippen LogP contribution in [0.1, 0.15) is 30.6 Å². The third kappa shape index (κ3) is 3.92. The fraction of sp³-hybridized carbons (Fsp3) is 0.462. The standard InChI is InChI=1S/C13H18N2O5/c1-8(2)11(5-6-16)14-12-7-9(15(19)20)3-4-10(12)13(17)18/h3-4,7-8,11,14,16H,5-6H2,1-2H3,(H,17,18). The Bertz CT molecular complexity index is 502. The molecule has 0 amide bonds. The number of rotatable bonds is 7. The number of hydrogen-bond acceptors (Lipinski definition) is 5. The molecule has 1 atom stereocenters. The monoisotopic (exact) mass is 282 g/mol. The topological polar surface area (TPSA) is 113 Å². The zero-order valence-corrected chi connectivity index (χ0v) is 11.4. The van der Waals surface area contributed by atoms with E-state index in [4.69, 9.17) is 10.2 Å². The zero-order valence-electron chi connectivity index (χ0n) is 11.4. The van der Waals surface area contributed by atoms with E-state index in [2.05, 4.69) is 5.32 Å². The van der Waals surface area contributed by atoms with E-state index >= 15 is 0 Å². The number of aliphatic hydroxyl groups is 1. The van der Waals surface area contributed by atoms with Crippen LogP contribution in [-0.2, 0) is 0 Å². The minimum atomic E-state index is -1.16. The molecule has 0 aromatic heterocycles. The number of carbonyl (C=O) groups is 1. The number of non-ortho nitro benzene ring substituents is 1. The van der Waals surface area contributed by atoms with Crippen molar-refractivity contribution in [2.45, 2.75) is 26.3 Å². The first-order valence-electron chi connectivity index (χ1n) is 6.26. The van der Waals surface area contributed by atoms with Crippen LogP contribution in [0.15, 0.2) is 18.2 Å². The van der Waals surface area contributed by atoms with E-state index in [1.807, 2.05) is 13.8 Å². The normalized spacial score (nSPS) is 12.2. The lowest BCUT2D eigenvalue weighted by Gasteiger charge is -2.23. The van der Waals surface area contributed by atoms with Gasteiger partial charge in [-0.15, -0.1) is 0 Å². The summed E-state index contributed by atoms with van der Waals surface area (Å²) < 4.78 is 0. The minimum absolute atomic E-state index is 0.0285. The van der Waals surface area contributed by atoms with Crippen LogP contribution in [0.4, 0.5) is 11.4 Å². The van der Waals surface area contributed by atoms with Crippen molar-refractivity contribution in [1.29, 1.82) is 0 Å². The fourth-order valence-corrected chi connectivity index (χ4v) is 1.86. The summed E-state index contributed by atoms with van der Waals surface area (Å²) in [4.78, 5) is 21.3. The second kappa shape index (κ2) is 6.85. The highest BCUT2D eigenvalue weighted by atomic mass is 16.6.